The fourth-order valence-corrected chi connectivity index (χ4v) is 4.65. The lowest BCUT2D eigenvalue weighted by Crippen LogP contribution is -2.06. The molecule has 0 heterocycles. The van der Waals surface area contributed by atoms with Crippen molar-refractivity contribution in [1.82, 2.24) is 0 Å². The molecule has 0 unspecified atom stereocenters. The Bertz CT molecular complexity index is 380. The van der Waals surface area contributed by atoms with E-state index >= 15 is 0 Å². The van der Waals surface area contributed by atoms with Gasteiger partial charge in [-0.2, -0.15) is 0 Å². The maximum atomic E-state index is 2.60. The maximum absolute atomic E-state index is 2.60. The Morgan fingerprint density at radius 2 is 0.864 bits per heavy atom. The van der Waals surface area contributed by atoms with Crippen LogP contribution in [0, 0.1) is 0 Å². The fraction of sp³-hybridized carbons (Fsp3) is 0.727. The molecule has 2 aliphatic rings. The van der Waals surface area contributed by atoms with E-state index in [2.05, 4.69) is 24.3 Å². The van der Waals surface area contributed by atoms with Gasteiger partial charge in [-0.3, -0.25) is 0 Å². The average molecular weight is 299 g/mol. The van der Waals surface area contributed by atoms with Gasteiger partial charge in [0.1, 0.15) is 0 Å². The second-order valence-corrected chi connectivity index (χ2v) is 7.75. The van der Waals surface area contributed by atoms with Gasteiger partial charge in [0.15, 0.2) is 0 Å². The SMILES string of the molecule is c1cc(C2CCCCCCC2)cc(C2CCCCCCC2)c1. The van der Waals surface area contributed by atoms with Gasteiger partial charge in [0.05, 0.1) is 0 Å². The maximum Gasteiger partial charge on any atom is -0.0162 e. The zero-order valence-electron chi connectivity index (χ0n) is 14.4. The predicted molar refractivity (Wildman–Crippen MR) is 96.6 cm³/mol. The standard InChI is InChI=1S/C22H34/c1-3-7-12-19(13-8-4-1)21-16-11-17-22(18-21)20-14-9-5-2-6-10-15-20/h11,16-20H,1-10,12-15H2. The Labute approximate surface area is 137 Å². The largest absolute Gasteiger partial charge is 0.0617 e. The molecule has 0 radical (unpaired) electrons. The highest BCUT2D eigenvalue weighted by atomic mass is 14.2. The van der Waals surface area contributed by atoms with E-state index in [4.69, 9.17) is 0 Å². The van der Waals surface area contributed by atoms with Crippen molar-refractivity contribution in [3.05, 3.63) is 35.4 Å². The van der Waals surface area contributed by atoms with Gasteiger partial charge in [0.25, 0.3) is 0 Å². The molecule has 0 aliphatic heterocycles. The molecule has 3 rings (SSSR count). The Morgan fingerprint density at radius 3 is 1.27 bits per heavy atom. The van der Waals surface area contributed by atoms with Gasteiger partial charge in [0, 0.05) is 0 Å². The number of hydrogen-bond acceptors (Lipinski definition) is 0. The molecule has 122 valence electrons. The summed E-state index contributed by atoms with van der Waals surface area (Å²) in [6.07, 6.45) is 20.2. The first kappa shape index (κ1) is 16.1. The van der Waals surface area contributed by atoms with Crippen LogP contribution in [0.5, 0.6) is 0 Å². The van der Waals surface area contributed by atoms with Gasteiger partial charge in [0.2, 0.25) is 0 Å². The molecule has 0 heteroatoms. The summed E-state index contributed by atoms with van der Waals surface area (Å²) in [5.74, 6) is 1.68. The van der Waals surface area contributed by atoms with Crippen molar-refractivity contribution >= 4 is 0 Å². The molecule has 1 aromatic rings. The van der Waals surface area contributed by atoms with Crippen molar-refractivity contribution in [2.45, 2.75) is 102 Å². The summed E-state index contributed by atoms with van der Waals surface area (Å²) in [5, 5.41) is 0. The van der Waals surface area contributed by atoms with E-state index in [-0.39, 0.29) is 0 Å². The molecular weight excluding hydrogens is 264 g/mol. The summed E-state index contributed by atoms with van der Waals surface area (Å²) < 4.78 is 0. The summed E-state index contributed by atoms with van der Waals surface area (Å²) in [5.41, 5.74) is 3.31. The Morgan fingerprint density at radius 1 is 0.500 bits per heavy atom. The summed E-state index contributed by atoms with van der Waals surface area (Å²) in [6, 6.07) is 9.78. The Balaban J connectivity index is 1.70. The summed E-state index contributed by atoms with van der Waals surface area (Å²) in [7, 11) is 0. The highest BCUT2D eigenvalue weighted by Crippen LogP contribution is 2.35. The third kappa shape index (κ3) is 4.61. The van der Waals surface area contributed by atoms with Crippen molar-refractivity contribution in [3.63, 3.8) is 0 Å². The molecule has 0 aromatic heterocycles. The van der Waals surface area contributed by atoms with Gasteiger partial charge in [-0.05, 0) is 48.6 Å². The summed E-state index contributed by atoms with van der Waals surface area (Å²) >= 11 is 0. The van der Waals surface area contributed by atoms with Crippen LogP contribution in [0.1, 0.15) is 113 Å². The van der Waals surface area contributed by atoms with E-state index < -0.39 is 0 Å². The van der Waals surface area contributed by atoms with E-state index in [1.165, 1.54) is 89.9 Å². The summed E-state index contributed by atoms with van der Waals surface area (Å²) in [4.78, 5) is 0. The minimum atomic E-state index is 0.841. The van der Waals surface area contributed by atoms with Gasteiger partial charge in [-0.1, -0.05) is 88.5 Å². The van der Waals surface area contributed by atoms with E-state index in [0.717, 1.165) is 11.8 Å². The quantitative estimate of drug-likeness (QED) is 0.535. The Kier molecular flexibility index (Phi) is 6.40. The molecule has 1 aromatic carbocycles. The second-order valence-electron chi connectivity index (χ2n) is 7.75. The van der Waals surface area contributed by atoms with Crippen LogP contribution in [0.25, 0.3) is 0 Å². The molecule has 2 saturated carbocycles. The van der Waals surface area contributed by atoms with Crippen LogP contribution >= 0.6 is 0 Å². The highest BCUT2D eigenvalue weighted by molar-refractivity contribution is 5.29. The van der Waals surface area contributed by atoms with Crippen LogP contribution < -0.4 is 0 Å². The van der Waals surface area contributed by atoms with Gasteiger partial charge < -0.3 is 0 Å². The van der Waals surface area contributed by atoms with Crippen molar-refractivity contribution in [2.75, 3.05) is 0 Å². The first-order chi connectivity index (χ1) is 10.9. The predicted octanol–water partition coefficient (Wildman–Crippen LogP) is 7.34. The van der Waals surface area contributed by atoms with Crippen LogP contribution in [0.15, 0.2) is 24.3 Å². The zero-order chi connectivity index (χ0) is 15.0. The van der Waals surface area contributed by atoms with Crippen LogP contribution in [-0.4, -0.2) is 0 Å². The normalized spacial score (nSPS) is 23.3. The van der Waals surface area contributed by atoms with Crippen LogP contribution in [0.3, 0.4) is 0 Å². The van der Waals surface area contributed by atoms with Crippen LogP contribution in [0.4, 0.5) is 0 Å². The molecule has 2 fully saturated rings. The molecule has 0 N–H and O–H groups in total. The van der Waals surface area contributed by atoms with Crippen LogP contribution in [-0.2, 0) is 0 Å². The first-order valence-electron chi connectivity index (χ1n) is 10.0. The molecule has 0 saturated heterocycles. The molecule has 0 spiro atoms. The van der Waals surface area contributed by atoms with Crippen molar-refractivity contribution in [2.24, 2.45) is 0 Å². The molecular formula is C22H34. The lowest BCUT2D eigenvalue weighted by atomic mass is 9.82. The molecule has 2 aliphatic carbocycles. The monoisotopic (exact) mass is 298 g/mol. The minimum absolute atomic E-state index is 0.841. The minimum Gasteiger partial charge on any atom is -0.0617 e. The summed E-state index contributed by atoms with van der Waals surface area (Å²) in [6.45, 7) is 0. The lowest BCUT2D eigenvalue weighted by Gasteiger charge is -2.24. The third-order valence-electron chi connectivity index (χ3n) is 6.06. The molecule has 0 amide bonds. The van der Waals surface area contributed by atoms with E-state index in [1.807, 2.05) is 0 Å². The number of hydrogen-bond donors (Lipinski definition) is 0. The first-order valence-corrected chi connectivity index (χ1v) is 10.0. The lowest BCUT2D eigenvalue weighted by molar-refractivity contribution is 0.448. The molecule has 22 heavy (non-hydrogen) atoms. The average Bonchev–Trinajstić information content (AvgIpc) is 2.46. The van der Waals surface area contributed by atoms with Crippen LogP contribution in [0.2, 0.25) is 0 Å². The fourth-order valence-electron chi connectivity index (χ4n) is 4.65. The Hall–Kier alpha value is -0.780. The topological polar surface area (TPSA) is 0 Å². The van der Waals surface area contributed by atoms with Crippen molar-refractivity contribution < 1.29 is 0 Å². The third-order valence-corrected chi connectivity index (χ3v) is 6.06. The zero-order valence-corrected chi connectivity index (χ0v) is 14.4. The smallest absolute Gasteiger partial charge is 0.0162 e. The van der Waals surface area contributed by atoms with Crippen molar-refractivity contribution in [1.29, 1.82) is 0 Å². The van der Waals surface area contributed by atoms with Gasteiger partial charge in [-0.25, -0.2) is 0 Å². The van der Waals surface area contributed by atoms with Gasteiger partial charge >= 0.3 is 0 Å². The highest BCUT2D eigenvalue weighted by Gasteiger charge is 2.17. The molecule has 0 bridgehead atoms. The second kappa shape index (κ2) is 8.75. The number of benzene rings is 1. The molecule has 0 atom stereocenters. The van der Waals surface area contributed by atoms with E-state index in [0.29, 0.717) is 0 Å². The molecule has 0 nitrogen and oxygen atoms in total. The number of rotatable bonds is 2. The van der Waals surface area contributed by atoms with Gasteiger partial charge in [-0.15, -0.1) is 0 Å². The van der Waals surface area contributed by atoms with Crippen molar-refractivity contribution in [3.8, 4) is 0 Å². The van der Waals surface area contributed by atoms with E-state index in [1.54, 1.807) is 11.1 Å². The van der Waals surface area contributed by atoms with E-state index in [9.17, 15) is 0 Å².